The van der Waals surface area contributed by atoms with Crippen molar-refractivity contribution in [2.45, 2.75) is 50.9 Å². The zero-order valence-corrected chi connectivity index (χ0v) is 15.1. The Kier molecular flexibility index (Phi) is 7.96. The van der Waals surface area contributed by atoms with Gasteiger partial charge in [0.05, 0.1) is 0 Å². The van der Waals surface area contributed by atoms with Crippen LogP contribution in [0.15, 0.2) is 18.2 Å². The molecule has 0 amide bonds. The Morgan fingerprint density at radius 2 is 1.81 bits per heavy atom. The second-order valence-corrected chi connectivity index (χ2v) is 5.77. The molecule has 0 N–H and O–H groups in total. The molecule has 1 aromatic rings. The number of Topliss-reactive ketones (excluding diaryl/α,β-unsaturated/α-hetero) is 1. The Bertz CT molecular complexity index is 510. The number of halogens is 1. The Morgan fingerprint density at radius 3 is 2.38 bits per heavy atom. The monoisotopic (exact) mass is 316 g/mol. The van der Waals surface area contributed by atoms with Crippen LogP contribution in [0.5, 0.6) is 0 Å². The van der Waals surface area contributed by atoms with Gasteiger partial charge in [-0.15, -0.1) is 0 Å². The van der Waals surface area contributed by atoms with Crippen LogP contribution in [0.4, 0.5) is 0 Å². The molecule has 1 aliphatic carbocycles. The summed E-state index contributed by atoms with van der Waals surface area (Å²) in [5.74, 6) is -0.918. The molecule has 3 nitrogen and oxygen atoms in total. The van der Waals surface area contributed by atoms with E-state index in [0.717, 1.165) is 18.4 Å². The van der Waals surface area contributed by atoms with Gasteiger partial charge in [0.15, 0.2) is 5.78 Å². The van der Waals surface area contributed by atoms with E-state index in [2.05, 4.69) is 0 Å². The molecule has 0 bridgehead atoms. The van der Waals surface area contributed by atoms with Crippen LogP contribution in [0.25, 0.3) is 0 Å². The summed E-state index contributed by atoms with van der Waals surface area (Å²) in [4.78, 5) is 22.2. The maximum atomic E-state index is 11.8. The first-order valence-corrected chi connectivity index (χ1v) is 7.48. The number of carboxylic acids is 1. The molecule has 0 radical (unpaired) electrons. The third-order valence-electron chi connectivity index (χ3n) is 3.92. The summed E-state index contributed by atoms with van der Waals surface area (Å²) in [7, 11) is 0. The van der Waals surface area contributed by atoms with E-state index in [-0.39, 0.29) is 48.2 Å². The quantitative estimate of drug-likeness (QED) is 0.572. The van der Waals surface area contributed by atoms with E-state index >= 15 is 0 Å². The van der Waals surface area contributed by atoms with Crippen LogP contribution in [0.2, 0.25) is 5.02 Å². The molecule has 0 saturated heterocycles. The minimum absolute atomic E-state index is 0. The van der Waals surface area contributed by atoms with E-state index in [1.807, 2.05) is 6.07 Å². The van der Waals surface area contributed by atoms with Gasteiger partial charge in [-0.1, -0.05) is 43.0 Å². The Labute approximate surface area is 152 Å². The van der Waals surface area contributed by atoms with Gasteiger partial charge in [0.1, 0.15) is 0 Å². The number of carbonyl (C=O) groups is 2. The van der Waals surface area contributed by atoms with Crippen molar-refractivity contribution in [3.63, 3.8) is 0 Å². The van der Waals surface area contributed by atoms with Gasteiger partial charge in [0.25, 0.3) is 0 Å². The smallest absolute Gasteiger partial charge is 0.550 e. The van der Waals surface area contributed by atoms with Gasteiger partial charge in [0, 0.05) is 23.0 Å². The molecule has 1 aliphatic rings. The largest absolute Gasteiger partial charge is 1.00 e. The van der Waals surface area contributed by atoms with Crippen LogP contribution in [-0.2, 0) is 4.79 Å². The van der Waals surface area contributed by atoms with Gasteiger partial charge in [0.2, 0.25) is 0 Å². The third kappa shape index (κ3) is 5.41. The summed E-state index contributed by atoms with van der Waals surface area (Å²) in [6.45, 7) is 0. The fourth-order valence-electron chi connectivity index (χ4n) is 2.81. The predicted molar refractivity (Wildman–Crippen MR) is 75.8 cm³/mol. The number of carbonyl (C=O) groups excluding carboxylic acids is 2. The van der Waals surface area contributed by atoms with Crippen molar-refractivity contribution >= 4 is 23.4 Å². The fraction of sp³-hybridized carbons (Fsp3) is 0.500. The number of carboxylic acid groups (broad SMARTS) is 1. The summed E-state index contributed by atoms with van der Waals surface area (Å²) in [6.07, 6.45) is 5.76. The maximum absolute atomic E-state index is 11.8. The zero-order chi connectivity index (χ0) is 14.5. The average molecular weight is 317 g/mol. The first-order chi connectivity index (χ1) is 9.58. The molecule has 21 heavy (non-hydrogen) atoms. The van der Waals surface area contributed by atoms with Crippen molar-refractivity contribution in [2.24, 2.45) is 0 Å². The number of ketones is 1. The average Bonchev–Trinajstić information content (AvgIpc) is 2.45. The van der Waals surface area contributed by atoms with Crippen LogP contribution in [0.1, 0.15) is 66.8 Å². The Hall–Kier alpha value is -0.350. The molecule has 0 atom stereocenters. The number of hydrogen-bond donors (Lipinski definition) is 0. The van der Waals surface area contributed by atoms with Crippen molar-refractivity contribution in [3.05, 3.63) is 34.3 Å². The van der Waals surface area contributed by atoms with Gasteiger partial charge >= 0.3 is 29.6 Å². The van der Waals surface area contributed by atoms with E-state index < -0.39 is 5.97 Å². The van der Waals surface area contributed by atoms with Gasteiger partial charge < -0.3 is 9.90 Å². The molecule has 2 rings (SSSR count). The molecule has 0 heterocycles. The molecule has 0 spiro atoms. The van der Waals surface area contributed by atoms with Gasteiger partial charge in [-0.05, 0) is 36.8 Å². The maximum Gasteiger partial charge on any atom is 1.00 e. The second kappa shape index (κ2) is 8.94. The molecule has 0 unspecified atom stereocenters. The topological polar surface area (TPSA) is 57.2 Å². The molecular weight excluding hydrogens is 299 g/mol. The minimum Gasteiger partial charge on any atom is -0.550 e. The fourth-order valence-corrected chi connectivity index (χ4v) is 3.14. The number of rotatable bonds is 5. The predicted octanol–water partition coefficient (Wildman–Crippen LogP) is 0.104. The Balaban J connectivity index is 0.00000220. The van der Waals surface area contributed by atoms with Crippen molar-refractivity contribution in [3.8, 4) is 0 Å². The van der Waals surface area contributed by atoms with E-state index in [4.69, 9.17) is 11.6 Å². The van der Waals surface area contributed by atoms with Gasteiger partial charge in [-0.25, -0.2) is 0 Å². The van der Waals surface area contributed by atoms with E-state index in [0.29, 0.717) is 16.5 Å². The van der Waals surface area contributed by atoms with Gasteiger partial charge in [-0.2, -0.15) is 0 Å². The van der Waals surface area contributed by atoms with Gasteiger partial charge in [-0.3, -0.25) is 4.79 Å². The van der Waals surface area contributed by atoms with Crippen LogP contribution < -0.4 is 34.7 Å². The minimum atomic E-state index is -1.21. The van der Waals surface area contributed by atoms with E-state index in [9.17, 15) is 14.7 Å². The molecule has 1 saturated carbocycles. The summed E-state index contributed by atoms with van der Waals surface area (Å²) in [5, 5.41) is 11.0. The molecule has 1 fully saturated rings. The molecule has 1 aromatic carbocycles. The van der Waals surface area contributed by atoms with Crippen molar-refractivity contribution in [1.29, 1.82) is 0 Å². The molecule has 0 aliphatic heterocycles. The van der Waals surface area contributed by atoms with E-state index in [1.165, 1.54) is 19.3 Å². The SMILES string of the molecule is O=C([O-])CCC(=O)c1ccc(C2CCCCC2)c(Cl)c1.[Na+]. The molecule has 5 heteroatoms. The van der Waals surface area contributed by atoms with Crippen molar-refractivity contribution < 1.29 is 44.3 Å². The summed E-state index contributed by atoms with van der Waals surface area (Å²) in [5.41, 5.74) is 1.60. The molecule has 108 valence electrons. The Morgan fingerprint density at radius 1 is 1.14 bits per heavy atom. The van der Waals surface area contributed by atoms with Crippen molar-refractivity contribution in [1.82, 2.24) is 0 Å². The van der Waals surface area contributed by atoms with Crippen LogP contribution >= 0.6 is 11.6 Å². The second-order valence-electron chi connectivity index (χ2n) is 5.37. The molecular formula is C16H18ClNaO3. The first kappa shape index (κ1) is 18.7. The third-order valence-corrected chi connectivity index (χ3v) is 4.25. The van der Waals surface area contributed by atoms with Crippen molar-refractivity contribution in [2.75, 3.05) is 0 Å². The summed E-state index contributed by atoms with van der Waals surface area (Å²) < 4.78 is 0. The zero-order valence-electron chi connectivity index (χ0n) is 12.4. The van der Waals surface area contributed by atoms with Crippen LogP contribution in [-0.4, -0.2) is 11.8 Å². The van der Waals surface area contributed by atoms with E-state index in [1.54, 1.807) is 12.1 Å². The normalized spacial score (nSPS) is 15.3. The molecule has 0 aromatic heterocycles. The number of aliphatic carboxylic acids is 1. The first-order valence-electron chi connectivity index (χ1n) is 7.10. The number of benzene rings is 1. The summed E-state index contributed by atoms with van der Waals surface area (Å²) in [6, 6.07) is 5.35. The van der Waals surface area contributed by atoms with Crippen LogP contribution in [0.3, 0.4) is 0 Å². The standard InChI is InChI=1S/C16H19ClO3.Na/c17-14-10-12(15(18)8-9-16(19)20)6-7-13(14)11-4-2-1-3-5-11;/h6-7,10-11H,1-5,8-9H2,(H,19,20);/q;+1/p-1. The summed E-state index contributed by atoms with van der Waals surface area (Å²) >= 11 is 6.29. The van der Waals surface area contributed by atoms with Crippen LogP contribution in [0, 0.1) is 0 Å². The number of hydrogen-bond acceptors (Lipinski definition) is 3.